The lowest BCUT2D eigenvalue weighted by atomic mass is 9.83. The molecule has 4 rings (SSSR count). The molecule has 0 saturated heterocycles. The van der Waals surface area contributed by atoms with E-state index in [0.717, 1.165) is 23.1 Å². The summed E-state index contributed by atoms with van der Waals surface area (Å²) in [5, 5.41) is 10.4. The van der Waals surface area contributed by atoms with E-state index < -0.39 is 11.5 Å². The van der Waals surface area contributed by atoms with E-state index in [4.69, 9.17) is 14.9 Å². The van der Waals surface area contributed by atoms with Gasteiger partial charge in [0.1, 0.15) is 17.2 Å². The summed E-state index contributed by atoms with van der Waals surface area (Å²) >= 11 is 0. The molecule has 28 heavy (non-hydrogen) atoms. The van der Waals surface area contributed by atoms with E-state index in [9.17, 15) is 10.1 Å². The molecule has 1 aliphatic heterocycles. The van der Waals surface area contributed by atoms with Crippen LogP contribution in [-0.4, -0.2) is 0 Å². The number of fused-ring (bicyclic) bond motifs is 3. The summed E-state index contributed by atoms with van der Waals surface area (Å²) in [5.41, 5.74) is 10.5. The lowest BCUT2D eigenvalue weighted by Gasteiger charge is -2.26. The van der Waals surface area contributed by atoms with E-state index in [1.165, 1.54) is 5.56 Å². The third-order valence-electron chi connectivity index (χ3n) is 5.23. The van der Waals surface area contributed by atoms with Gasteiger partial charge in [-0.25, -0.2) is 4.79 Å². The molecule has 0 radical (unpaired) electrons. The number of ether oxygens (including phenoxy) is 1. The highest BCUT2D eigenvalue weighted by Crippen LogP contribution is 2.44. The van der Waals surface area contributed by atoms with Gasteiger partial charge in [0.2, 0.25) is 5.88 Å². The van der Waals surface area contributed by atoms with Crippen molar-refractivity contribution in [1.82, 2.24) is 0 Å². The first-order valence-corrected chi connectivity index (χ1v) is 9.19. The van der Waals surface area contributed by atoms with Crippen LogP contribution in [-0.2, 0) is 6.42 Å². The maximum atomic E-state index is 13.0. The van der Waals surface area contributed by atoms with Crippen molar-refractivity contribution < 1.29 is 9.15 Å². The minimum absolute atomic E-state index is 0.0199. The summed E-state index contributed by atoms with van der Waals surface area (Å²) < 4.78 is 11.5. The highest BCUT2D eigenvalue weighted by atomic mass is 16.5. The predicted octanol–water partition coefficient (Wildman–Crippen LogP) is 4.19. The molecule has 0 saturated carbocycles. The number of benzene rings is 2. The van der Waals surface area contributed by atoms with Crippen LogP contribution in [0.4, 0.5) is 0 Å². The first kappa shape index (κ1) is 17.9. The van der Waals surface area contributed by atoms with Crippen molar-refractivity contribution in [3.8, 4) is 11.8 Å². The van der Waals surface area contributed by atoms with Gasteiger partial charge in [0.25, 0.3) is 0 Å². The first-order valence-electron chi connectivity index (χ1n) is 9.19. The average Bonchev–Trinajstić information content (AvgIpc) is 2.66. The standard InChI is InChI=1S/C23H20N2O3/c1-4-14-5-7-15(8-6-14)19-16(11-24)22(25)28-21-18-13(3)9-12(2)10-17(18)27-23(26)20(19)21/h5-10,19H,4,25H2,1-3H3. The van der Waals surface area contributed by atoms with Gasteiger partial charge in [-0.1, -0.05) is 37.3 Å². The van der Waals surface area contributed by atoms with Crippen molar-refractivity contribution in [1.29, 1.82) is 5.26 Å². The van der Waals surface area contributed by atoms with Crippen LogP contribution in [0.2, 0.25) is 0 Å². The lowest BCUT2D eigenvalue weighted by molar-refractivity contribution is 0.388. The zero-order valence-corrected chi connectivity index (χ0v) is 16.0. The van der Waals surface area contributed by atoms with Crippen LogP contribution in [0.1, 0.15) is 40.7 Å². The van der Waals surface area contributed by atoms with E-state index in [1.807, 2.05) is 44.2 Å². The number of hydrogen-bond acceptors (Lipinski definition) is 5. The van der Waals surface area contributed by atoms with E-state index >= 15 is 0 Å². The molecule has 0 spiro atoms. The Morgan fingerprint density at radius 2 is 1.89 bits per heavy atom. The summed E-state index contributed by atoms with van der Waals surface area (Å²) in [6, 6.07) is 13.8. The van der Waals surface area contributed by atoms with Gasteiger partial charge in [-0.3, -0.25) is 0 Å². The Morgan fingerprint density at radius 1 is 1.18 bits per heavy atom. The average molecular weight is 372 g/mol. The first-order chi connectivity index (χ1) is 13.4. The van der Waals surface area contributed by atoms with Crippen molar-refractivity contribution in [2.24, 2.45) is 5.73 Å². The summed E-state index contributed by atoms with van der Waals surface area (Å²) in [6.07, 6.45) is 0.902. The van der Waals surface area contributed by atoms with Crippen LogP contribution in [0, 0.1) is 25.2 Å². The van der Waals surface area contributed by atoms with Crippen molar-refractivity contribution in [3.63, 3.8) is 0 Å². The highest BCUT2D eigenvalue weighted by Gasteiger charge is 2.35. The van der Waals surface area contributed by atoms with Gasteiger partial charge in [0, 0.05) is 0 Å². The molecule has 140 valence electrons. The summed E-state index contributed by atoms with van der Waals surface area (Å²) in [7, 11) is 0. The molecule has 5 heteroatoms. The van der Waals surface area contributed by atoms with Crippen LogP contribution in [0.3, 0.4) is 0 Å². The SMILES string of the molecule is CCc1ccc(C2C(C#N)=C(N)Oc3c2c(=O)oc2cc(C)cc(C)c32)cc1. The molecule has 2 heterocycles. The molecule has 5 nitrogen and oxygen atoms in total. The van der Waals surface area contributed by atoms with Gasteiger partial charge in [0.15, 0.2) is 5.75 Å². The number of hydrogen-bond donors (Lipinski definition) is 1. The molecule has 1 aromatic heterocycles. The normalized spacial score (nSPS) is 15.9. The van der Waals surface area contributed by atoms with Gasteiger partial charge in [-0.15, -0.1) is 0 Å². The fraction of sp³-hybridized carbons (Fsp3) is 0.217. The summed E-state index contributed by atoms with van der Waals surface area (Å²) in [5.74, 6) is -0.225. The van der Waals surface area contributed by atoms with Gasteiger partial charge >= 0.3 is 5.63 Å². The van der Waals surface area contributed by atoms with Crippen LogP contribution in [0.25, 0.3) is 11.0 Å². The topological polar surface area (TPSA) is 89.3 Å². The number of nitrogens with zero attached hydrogens (tertiary/aromatic N) is 1. The zero-order chi connectivity index (χ0) is 20.0. The second kappa shape index (κ2) is 6.58. The van der Waals surface area contributed by atoms with Crippen LogP contribution in [0.5, 0.6) is 5.75 Å². The highest BCUT2D eigenvalue weighted by molar-refractivity contribution is 5.89. The summed E-state index contributed by atoms with van der Waals surface area (Å²) in [4.78, 5) is 13.0. The van der Waals surface area contributed by atoms with Gasteiger partial charge in [0.05, 0.1) is 16.9 Å². The molecule has 0 bridgehead atoms. The third kappa shape index (κ3) is 2.66. The number of rotatable bonds is 2. The minimum atomic E-state index is -0.624. The lowest BCUT2D eigenvalue weighted by Crippen LogP contribution is -2.26. The van der Waals surface area contributed by atoms with E-state index in [2.05, 4.69) is 13.0 Å². The number of nitriles is 1. The Labute approximate surface area is 162 Å². The Hall–Kier alpha value is -3.52. The molecule has 2 aromatic carbocycles. The van der Waals surface area contributed by atoms with Gasteiger partial charge < -0.3 is 14.9 Å². The largest absolute Gasteiger partial charge is 0.439 e. The molecular formula is C23H20N2O3. The quantitative estimate of drug-likeness (QED) is 0.681. The van der Waals surface area contributed by atoms with Crippen molar-refractivity contribution in [2.45, 2.75) is 33.1 Å². The van der Waals surface area contributed by atoms with E-state index in [-0.39, 0.29) is 11.5 Å². The Kier molecular flexibility index (Phi) is 4.20. The Bertz CT molecular complexity index is 1230. The van der Waals surface area contributed by atoms with Crippen molar-refractivity contribution in [2.75, 3.05) is 0 Å². The Morgan fingerprint density at radius 3 is 2.54 bits per heavy atom. The molecule has 1 unspecified atom stereocenters. The van der Waals surface area contributed by atoms with Gasteiger partial charge in [-0.2, -0.15) is 5.26 Å². The number of aryl methyl sites for hydroxylation is 3. The zero-order valence-electron chi connectivity index (χ0n) is 16.0. The molecule has 2 N–H and O–H groups in total. The Balaban J connectivity index is 2.06. The molecule has 0 aliphatic carbocycles. The molecular weight excluding hydrogens is 352 g/mol. The minimum Gasteiger partial charge on any atom is -0.439 e. The maximum Gasteiger partial charge on any atom is 0.344 e. The fourth-order valence-electron chi connectivity index (χ4n) is 3.89. The predicted molar refractivity (Wildman–Crippen MR) is 107 cm³/mol. The number of allylic oxidation sites excluding steroid dienone is 1. The van der Waals surface area contributed by atoms with Crippen LogP contribution in [0.15, 0.2) is 57.1 Å². The van der Waals surface area contributed by atoms with E-state index in [1.54, 1.807) is 6.07 Å². The second-order valence-corrected chi connectivity index (χ2v) is 7.11. The monoisotopic (exact) mass is 372 g/mol. The smallest absolute Gasteiger partial charge is 0.344 e. The molecule has 3 aromatic rings. The van der Waals surface area contributed by atoms with Gasteiger partial charge in [-0.05, 0) is 48.6 Å². The van der Waals surface area contributed by atoms with E-state index in [0.29, 0.717) is 22.3 Å². The third-order valence-corrected chi connectivity index (χ3v) is 5.23. The number of nitrogens with two attached hydrogens (primary N) is 1. The van der Waals surface area contributed by atoms with Crippen molar-refractivity contribution >= 4 is 11.0 Å². The summed E-state index contributed by atoms with van der Waals surface area (Å²) in [6.45, 7) is 5.94. The maximum absolute atomic E-state index is 13.0. The molecule has 1 aliphatic rings. The van der Waals surface area contributed by atoms with Crippen LogP contribution >= 0.6 is 0 Å². The second-order valence-electron chi connectivity index (χ2n) is 7.11. The van der Waals surface area contributed by atoms with Crippen molar-refractivity contribution in [3.05, 3.63) is 86.1 Å². The molecule has 0 amide bonds. The molecule has 1 atom stereocenters. The molecule has 0 fully saturated rings. The van der Waals surface area contributed by atoms with Crippen LogP contribution < -0.4 is 16.1 Å². The fourth-order valence-corrected chi connectivity index (χ4v) is 3.89.